The van der Waals surface area contributed by atoms with E-state index in [-0.39, 0.29) is 0 Å². The molecule has 0 aliphatic rings. The maximum Gasteiger partial charge on any atom is 0.00685 e. The van der Waals surface area contributed by atoms with Crippen LogP contribution in [0.15, 0.2) is 36.5 Å². The minimum atomic E-state index is 1.04. The molecule has 0 nitrogen and oxygen atoms in total. The molecule has 0 rings (SSSR count). The Morgan fingerprint density at radius 3 is 2.70 bits per heavy atom. The second-order valence-electron chi connectivity index (χ2n) is 2.07. The molecule has 0 aliphatic heterocycles. The Morgan fingerprint density at radius 2 is 2.20 bits per heavy atom. The van der Waals surface area contributed by atoms with Crippen LogP contribution < -0.4 is 0 Å². The van der Waals surface area contributed by atoms with Crippen molar-refractivity contribution in [1.82, 2.24) is 0 Å². The summed E-state index contributed by atoms with van der Waals surface area (Å²) < 4.78 is 0. The molecule has 56 valence electrons. The second kappa shape index (κ2) is 6.81. The summed E-state index contributed by atoms with van der Waals surface area (Å²) in [7, 11) is 0. The average Bonchev–Trinajstić information content (AvgIpc) is 1.89. The van der Waals surface area contributed by atoms with Gasteiger partial charge in [-0.1, -0.05) is 52.4 Å². The minimum Gasteiger partial charge on any atom is -0.0991 e. The largest absolute Gasteiger partial charge is 0.0991 e. The van der Waals surface area contributed by atoms with Gasteiger partial charge in [-0.15, -0.1) is 0 Å². The molecule has 0 amide bonds. The Kier molecular flexibility index (Phi) is 6.61. The maximum atomic E-state index is 3.58. The molecule has 0 aromatic rings. The molecule has 0 N–H and O–H groups in total. The van der Waals surface area contributed by atoms with Gasteiger partial charge in [-0.3, -0.25) is 0 Å². The fourth-order valence-corrected chi connectivity index (χ4v) is 1.16. The van der Waals surface area contributed by atoms with E-state index in [4.69, 9.17) is 0 Å². The first-order valence-corrected chi connectivity index (χ1v) is 4.44. The van der Waals surface area contributed by atoms with Gasteiger partial charge in [0.25, 0.3) is 0 Å². The van der Waals surface area contributed by atoms with E-state index in [1.54, 1.807) is 6.08 Å². The van der Waals surface area contributed by atoms with Gasteiger partial charge in [0, 0.05) is 5.33 Å². The first-order chi connectivity index (χ1) is 4.81. The van der Waals surface area contributed by atoms with Crippen LogP contribution in [-0.2, 0) is 0 Å². The van der Waals surface area contributed by atoms with E-state index in [0.29, 0.717) is 0 Å². The van der Waals surface area contributed by atoms with Gasteiger partial charge in [0.15, 0.2) is 0 Å². The average molecular weight is 201 g/mol. The third-order valence-electron chi connectivity index (χ3n) is 1.12. The lowest BCUT2D eigenvalue weighted by molar-refractivity contribution is 1.12. The first kappa shape index (κ1) is 9.70. The van der Waals surface area contributed by atoms with E-state index >= 15 is 0 Å². The van der Waals surface area contributed by atoms with Crippen LogP contribution >= 0.6 is 15.9 Å². The van der Waals surface area contributed by atoms with Crippen molar-refractivity contribution in [1.29, 1.82) is 0 Å². The Hall–Kier alpha value is -0.300. The van der Waals surface area contributed by atoms with Crippen LogP contribution in [-0.4, -0.2) is 5.33 Å². The molecule has 0 atom stereocenters. The Balaban J connectivity index is 3.67. The van der Waals surface area contributed by atoms with E-state index in [1.807, 2.05) is 12.2 Å². The van der Waals surface area contributed by atoms with Crippen molar-refractivity contribution in [2.24, 2.45) is 0 Å². The summed E-state index contributed by atoms with van der Waals surface area (Å²) in [5.41, 5.74) is 1.38. The van der Waals surface area contributed by atoms with Gasteiger partial charge in [0.1, 0.15) is 0 Å². The Bertz CT molecular complexity index is 143. The molecule has 10 heavy (non-hydrogen) atoms. The number of alkyl halides is 1. The Labute approximate surface area is 71.5 Å². The highest BCUT2D eigenvalue weighted by Crippen LogP contribution is 2.01. The zero-order chi connectivity index (χ0) is 7.82. The number of allylic oxidation sites excluding steroid dienone is 5. The van der Waals surface area contributed by atoms with Gasteiger partial charge in [0.05, 0.1) is 0 Å². The molecular weight excluding hydrogens is 188 g/mol. The molecule has 0 saturated carbocycles. The molecule has 0 aliphatic carbocycles. The molecule has 0 aromatic carbocycles. The van der Waals surface area contributed by atoms with E-state index in [1.165, 1.54) is 5.57 Å². The summed E-state index contributed by atoms with van der Waals surface area (Å²) in [5, 5.41) is 1.04. The van der Waals surface area contributed by atoms with Crippen LogP contribution in [0.3, 0.4) is 0 Å². The van der Waals surface area contributed by atoms with Crippen molar-refractivity contribution < 1.29 is 0 Å². The lowest BCUT2D eigenvalue weighted by atomic mass is 10.2. The normalized spacial score (nSPS) is 12.4. The number of halogens is 1. The zero-order valence-electron chi connectivity index (χ0n) is 6.31. The number of hydrogen-bond acceptors (Lipinski definition) is 0. The number of rotatable bonds is 4. The molecule has 1 heteroatoms. The molecule has 0 saturated heterocycles. The van der Waals surface area contributed by atoms with Crippen molar-refractivity contribution in [2.45, 2.75) is 13.3 Å². The van der Waals surface area contributed by atoms with Gasteiger partial charge >= 0.3 is 0 Å². The third-order valence-corrected chi connectivity index (χ3v) is 1.51. The van der Waals surface area contributed by atoms with E-state index in [0.717, 1.165) is 11.8 Å². The second-order valence-corrected chi connectivity index (χ2v) is 2.87. The van der Waals surface area contributed by atoms with Crippen molar-refractivity contribution in [3.05, 3.63) is 36.5 Å². The van der Waals surface area contributed by atoms with Gasteiger partial charge < -0.3 is 0 Å². The third kappa shape index (κ3) is 5.83. The van der Waals surface area contributed by atoms with E-state index in [2.05, 4.69) is 35.5 Å². The summed E-state index contributed by atoms with van der Waals surface area (Å²) in [4.78, 5) is 0. The highest BCUT2D eigenvalue weighted by molar-refractivity contribution is 9.09. The molecule has 0 unspecified atom stereocenters. The smallest absolute Gasteiger partial charge is 0.00685 e. The summed E-state index contributed by atoms with van der Waals surface area (Å²) in [6.07, 6.45) is 8.92. The van der Waals surface area contributed by atoms with Crippen molar-refractivity contribution in [2.75, 3.05) is 5.33 Å². The van der Waals surface area contributed by atoms with Crippen molar-refractivity contribution in [3.8, 4) is 0 Å². The summed E-state index contributed by atoms with van der Waals surface area (Å²) in [6.45, 7) is 5.70. The fourth-order valence-electron chi connectivity index (χ4n) is 0.531. The van der Waals surface area contributed by atoms with E-state index in [9.17, 15) is 0 Å². The molecular formula is C9H13Br. The van der Waals surface area contributed by atoms with Gasteiger partial charge in [-0.25, -0.2) is 0 Å². The van der Waals surface area contributed by atoms with E-state index < -0.39 is 0 Å². The zero-order valence-corrected chi connectivity index (χ0v) is 7.89. The standard InChI is InChI=1S/C9H13Br/c1-3-4-5-6-9(2)7-8-10/h3-6H,1,7-8H2,2H3/b5-4-,9-6+. The minimum absolute atomic E-state index is 1.04. The molecule has 0 radical (unpaired) electrons. The van der Waals surface area contributed by atoms with Crippen LogP contribution in [0.4, 0.5) is 0 Å². The van der Waals surface area contributed by atoms with Crippen molar-refractivity contribution >= 4 is 15.9 Å². The Morgan fingerprint density at radius 1 is 1.50 bits per heavy atom. The van der Waals surface area contributed by atoms with Crippen LogP contribution in [0.25, 0.3) is 0 Å². The van der Waals surface area contributed by atoms with Gasteiger partial charge in [0.2, 0.25) is 0 Å². The van der Waals surface area contributed by atoms with Crippen LogP contribution in [0, 0.1) is 0 Å². The topological polar surface area (TPSA) is 0 Å². The first-order valence-electron chi connectivity index (χ1n) is 3.32. The summed E-state index contributed by atoms with van der Waals surface area (Å²) in [6, 6.07) is 0. The van der Waals surface area contributed by atoms with Crippen LogP contribution in [0.1, 0.15) is 13.3 Å². The highest BCUT2D eigenvalue weighted by atomic mass is 79.9. The van der Waals surface area contributed by atoms with Crippen LogP contribution in [0.2, 0.25) is 0 Å². The summed E-state index contributed by atoms with van der Waals surface area (Å²) >= 11 is 3.37. The molecule has 0 aromatic heterocycles. The van der Waals surface area contributed by atoms with Gasteiger partial charge in [-0.2, -0.15) is 0 Å². The highest BCUT2D eigenvalue weighted by Gasteiger charge is 1.82. The van der Waals surface area contributed by atoms with Gasteiger partial charge in [-0.05, 0) is 13.3 Å². The SMILES string of the molecule is C=C/C=C\C=C(/C)CCBr. The quantitative estimate of drug-likeness (QED) is 0.482. The molecule has 0 fully saturated rings. The lowest BCUT2D eigenvalue weighted by Gasteiger charge is -1.91. The van der Waals surface area contributed by atoms with Crippen LogP contribution in [0.5, 0.6) is 0 Å². The lowest BCUT2D eigenvalue weighted by Crippen LogP contribution is -1.75. The fraction of sp³-hybridized carbons (Fsp3) is 0.333. The molecule has 0 heterocycles. The molecule has 0 bridgehead atoms. The monoisotopic (exact) mass is 200 g/mol. The van der Waals surface area contributed by atoms with Crippen molar-refractivity contribution in [3.63, 3.8) is 0 Å². The maximum absolute atomic E-state index is 3.58. The predicted octanol–water partition coefficient (Wildman–Crippen LogP) is 3.46. The summed E-state index contributed by atoms with van der Waals surface area (Å²) in [5.74, 6) is 0. The molecule has 0 spiro atoms. The number of hydrogen-bond donors (Lipinski definition) is 0. The predicted molar refractivity (Wildman–Crippen MR) is 51.5 cm³/mol.